The number of likely N-dealkylation sites (N-methyl/N-ethyl adjacent to an activating group) is 1. The van der Waals surface area contributed by atoms with E-state index in [4.69, 9.17) is 0 Å². The average molecular weight is 258 g/mol. The number of piperazine rings is 1. The molecule has 5 heteroatoms. The summed E-state index contributed by atoms with van der Waals surface area (Å²) in [4.78, 5) is 23.4. The Morgan fingerprint density at radius 1 is 1.26 bits per heavy atom. The summed E-state index contributed by atoms with van der Waals surface area (Å²) in [6, 6.07) is 5.92. The normalized spacial score (nSPS) is 17.0. The number of nitrogens with zero attached hydrogens (tertiary/aromatic N) is 3. The Balaban J connectivity index is 1.90. The molecule has 1 N–H and O–H groups in total. The molecule has 0 atom stereocenters. The Morgan fingerprint density at radius 3 is 2.79 bits per heavy atom. The highest BCUT2D eigenvalue weighted by Crippen LogP contribution is 2.19. The second kappa shape index (κ2) is 5.01. The van der Waals surface area contributed by atoms with Crippen LogP contribution >= 0.6 is 0 Å². The van der Waals surface area contributed by atoms with Crippen LogP contribution in [0.5, 0.6) is 0 Å². The van der Waals surface area contributed by atoms with Crippen molar-refractivity contribution >= 4 is 16.6 Å². The number of aromatic nitrogens is 2. The van der Waals surface area contributed by atoms with Crippen LogP contribution in [0, 0.1) is 0 Å². The summed E-state index contributed by atoms with van der Waals surface area (Å²) in [5.74, 6) is 0. The van der Waals surface area contributed by atoms with Gasteiger partial charge in [-0.2, -0.15) is 0 Å². The highest BCUT2D eigenvalue weighted by molar-refractivity contribution is 5.81. The Bertz CT molecular complexity index is 629. The molecule has 1 aromatic carbocycles. The molecular weight excluding hydrogens is 240 g/mol. The molecule has 1 aliphatic heterocycles. The molecule has 0 spiro atoms. The van der Waals surface area contributed by atoms with Gasteiger partial charge in [0.05, 0.1) is 17.2 Å². The zero-order valence-electron chi connectivity index (χ0n) is 11.1. The average Bonchev–Trinajstić information content (AvgIpc) is 2.47. The van der Waals surface area contributed by atoms with Crippen LogP contribution in [0.3, 0.4) is 0 Å². The summed E-state index contributed by atoms with van der Waals surface area (Å²) in [6.45, 7) is 7.48. The molecule has 2 heterocycles. The first-order valence-corrected chi connectivity index (χ1v) is 6.72. The Hall–Kier alpha value is -1.88. The third kappa shape index (κ3) is 2.33. The minimum Gasteiger partial charge on any atom is -0.369 e. The van der Waals surface area contributed by atoms with E-state index in [1.54, 1.807) is 0 Å². The molecule has 100 valence electrons. The van der Waals surface area contributed by atoms with E-state index < -0.39 is 0 Å². The molecule has 0 amide bonds. The highest BCUT2D eigenvalue weighted by atomic mass is 16.1. The monoisotopic (exact) mass is 258 g/mol. The predicted octanol–water partition coefficient (Wildman–Crippen LogP) is 1.06. The van der Waals surface area contributed by atoms with Crippen LogP contribution in [-0.2, 0) is 0 Å². The lowest BCUT2D eigenvalue weighted by Crippen LogP contribution is -2.46. The number of benzene rings is 1. The fourth-order valence-corrected chi connectivity index (χ4v) is 2.58. The van der Waals surface area contributed by atoms with Gasteiger partial charge in [-0.05, 0) is 24.7 Å². The van der Waals surface area contributed by atoms with Gasteiger partial charge in [0.1, 0.15) is 0 Å². The molecule has 2 aromatic rings. The third-order valence-corrected chi connectivity index (χ3v) is 3.81. The number of aromatic amines is 1. The van der Waals surface area contributed by atoms with Gasteiger partial charge >= 0.3 is 0 Å². The second-order valence-corrected chi connectivity index (χ2v) is 4.85. The SMILES string of the molecule is CCN1CCN(c2ccc3nc[nH]c(=O)c3c2)CC1. The molecule has 19 heavy (non-hydrogen) atoms. The minimum atomic E-state index is -0.0703. The topological polar surface area (TPSA) is 52.2 Å². The maximum atomic E-state index is 11.8. The molecule has 1 aromatic heterocycles. The third-order valence-electron chi connectivity index (χ3n) is 3.81. The summed E-state index contributed by atoms with van der Waals surface area (Å²) in [6.07, 6.45) is 1.45. The fourth-order valence-electron chi connectivity index (χ4n) is 2.58. The Labute approximate surface area is 111 Å². The summed E-state index contributed by atoms with van der Waals surface area (Å²) in [5.41, 5.74) is 1.79. The van der Waals surface area contributed by atoms with Crippen molar-refractivity contribution in [1.29, 1.82) is 0 Å². The first-order chi connectivity index (χ1) is 9.28. The summed E-state index contributed by atoms with van der Waals surface area (Å²) in [7, 11) is 0. The van der Waals surface area contributed by atoms with E-state index in [9.17, 15) is 4.79 Å². The van der Waals surface area contributed by atoms with Crippen LogP contribution in [0.2, 0.25) is 0 Å². The van der Waals surface area contributed by atoms with Gasteiger partial charge in [0.2, 0.25) is 0 Å². The van der Waals surface area contributed by atoms with E-state index in [0.717, 1.165) is 43.9 Å². The summed E-state index contributed by atoms with van der Waals surface area (Å²) >= 11 is 0. The molecule has 0 bridgehead atoms. The van der Waals surface area contributed by atoms with E-state index in [2.05, 4.69) is 32.8 Å². The van der Waals surface area contributed by atoms with Crippen molar-refractivity contribution in [3.8, 4) is 0 Å². The number of hydrogen-bond acceptors (Lipinski definition) is 4. The van der Waals surface area contributed by atoms with Crippen molar-refractivity contribution in [2.45, 2.75) is 6.92 Å². The van der Waals surface area contributed by atoms with Crippen molar-refractivity contribution in [2.24, 2.45) is 0 Å². The van der Waals surface area contributed by atoms with Crippen molar-refractivity contribution in [3.63, 3.8) is 0 Å². The van der Waals surface area contributed by atoms with Crippen LogP contribution in [0.1, 0.15) is 6.92 Å². The van der Waals surface area contributed by atoms with Crippen molar-refractivity contribution < 1.29 is 0 Å². The molecule has 1 saturated heterocycles. The quantitative estimate of drug-likeness (QED) is 0.875. The Morgan fingerprint density at radius 2 is 2.05 bits per heavy atom. The van der Waals surface area contributed by atoms with E-state index >= 15 is 0 Å². The van der Waals surface area contributed by atoms with Gasteiger partial charge in [-0.1, -0.05) is 6.92 Å². The highest BCUT2D eigenvalue weighted by Gasteiger charge is 2.16. The van der Waals surface area contributed by atoms with Gasteiger partial charge < -0.3 is 14.8 Å². The van der Waals surface area contributed by atoms with Gasteiger partial charge in [-0.25, -0.2) is 4.98 Å². The van der Waals surface area contributed by atoms with Crippen molar-refractivity contribution in [3.05, 3.63) is 34.9 Å². The molecule has 1 aliphatic rings. The standard InChI is InChI=1S/C14H18N4O/c1-2-17-5-7-18(8-6-17)11-3-4-13-12(9-11)14(19)16-10-15-13/h3-4,9-10H,2,5-8H2,1H3,(H,15,16,19). The molecule has 1 fully saturated rings. The number of fused-ring (bicyclic) bond motifs is 1. The summed E-state index contributed by atoms with van der Waals surface area (Å²) in [5, 5.41) is 0.665. The van der Waals surface area contributed by atoms with Gasteiger partial charge in [0, 0.05) is 31.9 Å². The van der Waals surface area contributed by atoms with E-state index in [-0.39, 0.29) is 5.56 Å². The van der Waals surface area contributed by atoms with Gasteiger partial charge in [0.15, 0.2) is 0 Å². The lowest BCUT2D eigenvalue weighted by atomic mass is 10.2. The number of anilines is 1. The van der Waals surface area contributed by atoms with Crippen LogP contribution in [0.25, 0.3) is 10.9 Å². The zero-order valence-corrected chi connectivity index (χ0v) is 11.1. The zero-order chi connectivity index (χ0) is 13.2. The van der Waals surface area contributed by atoms with Gasteiger partial charge in [-0.3, -0.25) is 4.79 Å². The van der Waals surface area contributed by atoms with E-state index in [1.807, 2.05) is 12.1 Å². The molecule has 3 rings (SSSR count). The molecule has 0 unspecified atom stereocenters. The van der Waals surface area contributed by atoms with Gasteiger partial charge in [0.25, 0.3) is 5.56 Å². The molecular formula is C14H18N4O. The van der Waals surface area contributed by atoms with Crippen molar-refractivity contribution in [2.75, 3.05) is 37.6 Å². The van der Waals surface area contributed by atoms with Crippen LogP contribution in [-0.4, -0.2) is 47.6 Å². The fraction of sp³-hybridized carbons (Fsp3) is 0.429. The number of nitrogens with one attached hydrogen (secondary N) is 1. The number of H-pyrrole nitrogens is 1. The Kier molecular flexibility index (Phi) is 3.21. The van der Waals surface area contributed by atoms with Crippen LogP contribution < -0.4 is 10.5 Å². The van der Waals surface area contributed by atoms with Crippen LogP contribution in [0.15, 0.2) is 29.3 Å². The maximum Gasteiger partial charge on any atom is 0.258 e. The lowest BCUT2D eigenvalue weighted by molar-refractivity contribution is 0.271. The largest absolute Gasteiger partial charge is 0.369 e. The summed E-state index contributed by atoms with van der Waals surface area (Å²) < 4.78 is 0. The first kappa shape index (κ1) is 12.2. The van der Waals surface area contributed by atoms with Crippen LogP contribution in [0.4, 0.5) is 5.69 Å². The number of hydrogen-bond donors (Lipinski definition) is 1. The van der Waals surface area contributed by atoms with E-state index in [0.29, 0.717) is 5.39 Å². The first-order valence-electron chi connectivity index (χ1n) is 6.72. The lowest BCUT2D eigenvalue weighted by Gasteiger charge is -2.35. The van der Waals surface area contributed by atoms with Gasteiger partial charge in [-0.15, -0.1) is 0 Å². The molecule has 0 radical (unpaired) electrons. The smallest absolute Gasteiger partial charge is 0.258 e. The predicted molar refractivity (Wildman–Crippen MR) is 76.7 cm³/mol. The maximum absolute atomic E-state index is 11.8. The molecule has 0 aliphatic carbocycles. The van der Waals surface area contributed by atoms with E-state index in [1.165, 1.54) is 6.33 Å². The number of rotatable bonds is 2. The molecule has 0 saturated carbocycles. The minimum absolute atomic E-state index is 0.0703. The second-order valence-electron chi connectivity index (χ2n) is 4.85. The molecule has 5 nitrogen and oxygen atoms in total. The van der Waals surface area contributed by atoms with Crippen molar-refractivity contribution in [1.82, 2.24) is 14.9 Å².